The van der Waals surface area contributed by atoms with Gasteiger partial charge in [-0.3, -0.25) is 4.98 Å². The first-order valence-electron chi connectivity index (χ1n) is 8.00. The normalized spacial score (nSPS) is 17.5. The van der Waals surface area contributed by atoms with Gasteiger partial charge in [0.1, 0.15) is 0 Å². The summed E-state index contributed by atoms with van der Waals surface area (Å²) in [5.74, 6) is 0.534. The summed E-state index contributed by atoms with van der Waals surface area (Å²) in [7, 11) is 0. The minimum atomic E-state index is 0.534. The molecular formula is C20H20N2. The van der Waals surface area contributed by atoms with Crippen molar-refractivity contribution in [3.05, 3.63) is 71.9 Å². The number of pyridine rings is 1. The number of hydrogen-bond acceptors (Lipinski definition) is 2. The van der Waals surface area contributed by atoms with Crippen LogP contribution in [0.25, 0.3) is 10.9 Å². The van der Waals surface area contributed by atoms with Gasteiger partial charge >= 0.3 is 0 Å². The van der Waals surface area contributed by atoms with Crippen LogP contribution in [-0.2, 0) is 6.54 Å². The van der Waals surface area contributed by atoms with Crippen molar-refractivity contribution >= 4 is 16.6 Å². The maximum Gasteiger partial charge on any atom is 0.0707 e. The van der Waals surface area contributed by atoms with Crippen molar-refractivity contribution in [2.24, 2.45) is 0 Å². The van der Waals surface area contributed by atoms with Crippen molar-refractivity contribution in [2.75, 3.05) is 11.4 Å². The fourth-order valence-corrected chi connectivity index (χ4v) is 3.31. The van der Waals surface area contributed by atoms with Gasteiger partial charge in [0.25, 0.3) is 0 Å². The fraction of sp³-hybridized carbons (Fsp3) is 0.250. The highest BCUT2D eigenvalue weighted by molar-refractivity contribution is 5.83. The summed E-state index contributed by atoms with van der Waals surface area (Å²) in [4.78, 5) is 7.42. The van der Waals surface area contributed by atoms with Crippen molar-refractivity contribution in [2.45, 2.75) is 25.8 Å². The van der Waals surface area contributed by atoms with E-state index in [1.165, 1.54) is 28.8 Å². The maximum absolute atomic E-state index is 4.95. The van der Waals surface area contributed by atoms with Gasteiger partial charge in [-0.2, -0.15) is 0 Å². The van der Waals surface area contributed by atoms with E-state index in [9.17, 15) is 0 Å². The van der Waals surface area contributed by atoms with E-state index in [0.717, 1.165) is 18.6 Å². The molecule has 1 atom stereocenters. The number of anilines is 1. The molecule has 1 unspecified atom stereocenters. The average Bonchev–Trinajstić information content (AvgIpc) is 2.57. The van der Waals surface area contributed by atoms with E-state index in [2.05, 4.69) is 72.5 Å². The van der Waals surface area contributed by atoms with E-state index < -0.39 is 0 Å². The van der Waals surface area contributed by atoms with Crippen LogP contribution in [-0.4, -0.2) is 11.5 Å². The first-order chi connectivity index (χ1) is 10.8. The Labute approximate surface area is 131 Å². The SMILES string of the molecule is CC1CCN(Cc2ccccc2)c2cc3ccccc3nc21. The minimum absolute atomic E-state index is 0.534. The quantitative estimate of drug-likeness (QED) is 0.676. The van der Waals surface area contributed by atoms with Gasteiger partial charge in [-0.15, -0.1) is 0 Å². The standard InChI is InChI=1S/C20H20N2/c1-15-11-12-22(14-16-7-3-2-4-8-16)19-13-17-9-5-6-10-18(17)21-20(15)19/h2-10,13,15H,11-12,14H2,1H3. The van der Waals surface area contributed by atoms with Crippen LogP contribution in [0.5, 0.6) is 0 Å². The van der Waals surface area contributed by atoms with Gasteiger partial charge in [0.15, 0.2) is 0 Å². The fourth-order valence-electron chi connectivity index (χ4n) is 3.31. The van der Waals surface area contributed by atoms with Crippen molar-refractivity contribution in [1.82, 2.24) is 4.98 Å². The van der Waals surface area contributed by atoms with Gasteiger partial charge in [-0.05, 0) is 24.1 Å². The lowest BCUT2D eigenvalue weighted by Gasteiger charge is -2.34. The Morgan fingerprint density at radius 1 is 1.05 bits per heavy atom. The van der Waals surface area contributed by atoms with Gasteiger partial charge < -0.3 is 4.90 Å². The molecule has 0 radical (unpaired) electrons. The Balaban J connectivity index is 1.78. The first-order valence-corrected chi connectivity index (χ1v) is 8.00. The lowest BCUT2D eigenvalue weighted by molar-refractivity contribution is 0.596. The van der Waals surface area contributed by atoms with Crippen molar-refractivity contribution in [1.29, 1.82) is 0 Å². The Morgan fingerprint density at radius 3 is 2.68 bits per heavy atom. The molecule has 2 heterocycles. The number of para-hydroxylation sites is 1. The van der Waals surface area contributed by atoms with Crippen molar-refractivity contribution < 1.29 is 0 Å². The van der Waals surface area contributed by atoms with Crippen LogP contribution >= 0.6 is 0 Å². The molecule has 0 amide bonds. The highest BCUT2D eigenvalue weighted by atomic mass is 15.1. The van der Waals surface area contributed by atoms with Crippen LogP contribution in [0, 0.1) is 0 Å². The molecule has 1 aliphatic rings. The molecule has 0 bridgehead atoms. The summed E-state index contributed by atoms with van der Waals surface area (Å²) < 4.78 is 0. The van der Waals surface area contributed by atoms with Gasteiger partial charge in [0.05, 0.1) is 16.9 Å². The number of rotatable bonds is 2. The minimum Gasteiger partial charge on any atom is -0.366 e. The second-order valence-corrected chi connectivity index (χ2v) is 6.18. The molecule has 1 aliphatic heterocycles. The molecule has 110 valence electrons. The number of fused-ring (bicyclic) bond motifs is 2. The van der Waals surface area contributed by atoms with Crippen molar-refractivity contribution in [3.8, 4) is 0 Å². The molecule has 0 N–H and O–H groups in total. The number of benzene rings is 2. The molecular weight excluding hydrogens is 268 g/mol. The Bertz CT molecular complexity index is 795. The van der Waals surface area contributed by atoms with Crippen molar-refractivity contribution in [3.63, 3.8) is 0 Å². The molecule has 2 heteroatoms. The maximum atomic E-state index is 4.95. The summed E-state index contributed by atoms with van der Waals surface area (Å²) in [6.45, 7) is 4.35. The van der Waals surface area contributed by atoms with Crippen LogP contribution in [0.15, 0.2) is 60.7 Å². The van der Waals surface area contributed by atoms with E-state index in [-0.39, 0.29) is 0 Å². The topological polar surface area (TPSA) is 16.1 Å². The van der Waals surface area contributed by atoms with Crippen LogP contribution in [0.1, 0.15) is 30.5 Å². The van der Waals surface area contributed by atoms with Crippen LogP contribution in [0.2, 0.25) is 0 Å². The van der Waals surface area contributed by atoms with Gasteiger partial charge in [-0.1, -0.05) is 55.5 Å². The molecule has 2 aromatic carbocycles. The summed E-state index contributed by atoms with van der Waals surface area (Å²) in [5, 5.41) is 1.23. The molecule has 22 heavy (non-hydrogen) atoms. The second-order valence-electron chi connectivity index (χ2n) is 6.18. The van der Waals surface area contributed by atoms with E-state index in [1.54, 1.807) is 0 Å². The predicted octanol–water partition coefficient (Wildman–Crippen LogP) is 4.75. The highest BCUT2D eigenvalue weighted by Gasteiger charge is 2.24. The van der Waals surface area contributed by atoms with Crippen LogP contribution in [0.4, 0.5) is 5.69 Å². The Kier molecular flexibility index (Phi) is 3.30. The third kappa shape index (κ3) is 2.35. The lowest BCUT2D eigenvalue weighted by atomic mass is 9.95. The monoisotopic (exact) mass is 288 g/mol. The molecule has 2 nitrogen and oxygen atoms in total. The number of hydrogen-bond donors (Lipinski definition) is 0. The molecule has 0 spiro atoms. The second kappa shape index (κ2) is 5.45. The number of aromatic nitrogens is 1. The van der Waals surface area contributed by atoms with Gasteiger partial charge in [0.2, 0.25) is 0 Å². The molecule has 0 fully saturated rings. The molecule has 0 saturated heterocycles. The predicted molar refractivity (Wildman–Crippen MR) is 92.3 cm³/mol. The summed E-state index contributed by atoms with van der Waals surface area (Å²) >= 11 is 0. The lowest BCUT2D eigenvalue weighted by Crippen LogP contribution is -2.30. The number of nitrogens with zero attached hydrogens (tertiary/aromatic N) is 2. The zero-order chi connectivity index (χ0) is 14.9. The molecule has 3 aromatic rings. The zero-order valence-corrected chi connectivity index (χ0v) is 12.9. The highest BCUT2D eigenvalue weighted by Crippen LogP contribution is 2.36. The first kappa shape index (κ1) is 13.3. The largest absolute Gasteiger partial charge is 0.366 e. The van der Waals surface area contributed by atoms with E-state index in [0.29, 0.717) is 5.92 Å². The molecule has 1 aromatic heterocycles. The third-order valence-electron chi connectivity index (χ3n) is 4.59. The zero-order valence-electron chi connectivity index (χ0n) is 12.9. The molecule has 4 rings (SSSR count). The third-order valence-corrected chi connectivity index (χ3v) is 4.59. The van der Waals surface area contributed by atoms with E-state index >= 15 is 0 Å². The summed E-state index contributed by atoms with van der Waals surface area (Å²) in [5.41, 5.74) is 5.02. The summed E-state index contributed by atoms with van der Waals surface area (Å²) in [6.07, 6.45) is 1.17. The van der Waals surface area contributed by atoms with Gasteiger partial charge in [0, 0.05) is 24.4 Å². The summed E-state index contributed by atoms with van der Waals surface area (Å²) in [6, 6.07) is 21.4. The van der Waals surface area contributed by atoms with Crippen LogP contribution in [0.3, 0.4) is 0 Å². The van der Waals surface area contributed by atoms with Crippen LogP contribution < -0.4 is 4.90 Å². The average molecular weight is 288 g/mol. The van der Waals surface area contributed by atoms with Gasteiger partial charge in [-0.25, -0.2) is 0 Å². The Hall–Kier alpha value is -2.35. The molecule has 0 saturated carbocycles. The van der Waals surface area contributed by atoms with E-state index in [4.69, 9.17) is 4.98 Å². The smallest absolute Gasteiger partial charge is 0.0707 e. The Morgan fingerprint density at radius 2 is 1.82 bits per heavy atom. The van der Waals surface area contributed by atoms with E-state index in [1.807, 2.05) is 0 Å². The molecule has 0 aliphatic carbocycles.